The molecule has 2 heterocycles. The average Bonchev–Trinajstić information content (AvgIpc) is 3.26. The minimum atomic E-state index is -0.0398. The molecule has 1 aromatic heterocycles. The van der Waals surface area contributed by atoms with Gasteiger partial charge in [0.25, 0.3) is 5.91 Å². The summed E-state index contributed by atoms with van der Waals surface area (Å²) in [5.41, 5.74) is 4.61. The lowest BCUT2D eigenvalue weighted by Gasteiger charge is -2.44. The lowest BCUT2D eigenvalue weighted by molar-refractivity contribution is -0.131. The molecule has 1 aliphatic carbocycles. The first kappa shape index (κ1) is 22.8. The van der Waals surface area contributed by atoms with Crippen molar-refractivity contribution >= 4 is 40.6 Å². The predicted molar refractivity (Wildman–Crippen MR) is 139 cm³/mol. The summed E-state index contributed by atoms with van der Waals surface area (Å²) < 4.78 is 0. The molecule has 1 saturated carbocycles. The van der Waals surface area contributed by atoms with Crippen LogP contribution >= 0.6 is 11.8 Å². The van der Waals surface area contributed by atoms with E-state index < -0.39 is 0 Å². The zero-order valence-electron chi connectivity index (χ0n) is 19.7. The van der Waals surface area contributed by atoms with Gasteiger partial charge in [0, 0.05) is 47.9 Å². The molecule has 0 radical (unpaired) electrons. The summed E-state index contributed by atoms with van der Waals surface area (Å²) in [6.45, 7) is 2.69. The molecule has 34 heavy (non-hydrogen) atoms. The van der Waals surface area contributed by atoms with Crippen molar-refractivity contribution in [2.45, 2.75) is 43.9 Å². The van der Waals surface area contributed by atoms with Crippen LogP contribution in [0.15, 0.2) is 59.6 Å². The summed E-state index contributed by atoms with van der Waals surface area (Å²) in [7, 11) is 1.89. The Bertz CT molecular complexity index is 1250. The van der Waals surface area contributed by atoms with Gasteiger partial charge >= 0.3 is 0 Å². The highest BCUT2D eigenvalue weighted by molar-refractivity contribution is 8.04. The number of rotatable bonds is 5. The van der Waals surface area contributed by atoms with E-state index in [4.69, 9.17) is 0 Å². The maximum Gasteiger partial charge on any atom is 0.260 e. The number of hydrogen-bond donors (Lipinski definition) is 2. The molecular weight excluding hydrogens is 442 g/mol. The van der Waals surface area contributed by atoms with Crippen molar-refractivity contribution in [2.75, 3.05) is 13.6 Å². The number of carbonyl (C=O) groups is 2. The van der Waals surface area contributed by atoms with E-state index in [2.05, 4.69) is 41.5 Å². The molecule has 3 aromatic rings. The Hall–Kier alpha value is -2.99. The van der Waals surface area contributed by atoms with Gasteiger partial charge in [-0.15, -0.1) is 11.8 Å². The molecule has 5 rings (SSSR count). The van der Waals surface area contributed by atoms with Crippen LogP contribution in [-0.2, 0) is 16.0 Å². The van der Waals surface area contributed by atoms with Crippen LogP contribution in [-0.4, -0.2) is 46.6 Å². The van der Waals surface area contributed by atoms with Crippen LogP contribution in [0, 0.1) is 12.8 Å². The van der Waals surface area contributed by atoms with Crippen LogP contribution in [0.4, 0.5) is 0 Å². The number of thioether (sulfide) groups is 1. The molecule has 5 nitrogen and oxygen atoms in total. The number of likely N-dealkylation sites (N-methyl/N-ethyl adjacent to an activating group) is 1. The molecule has 0 spiro atoms. The number of benzene rings is 2. The van der Waals surface area contributed by atoms with Gasteiger partial charge in [0.05, 0.1) is 4.91 Å². The number of aromatic amines is 1. The smallest absolute Gasteiger partial charge is 0.260 e. The normalized spacial score (nSPS) is 23.8. The summed E-state index contributed by atoms with van der Waals surface area (Å²) in [5.74, 6) is 0.141. The SMILES string of the molecule is Cc1ccccc1/C=C1\SC2CCC(C(=O)NCCc3c[nH]c4ccccc34)CC2N(C)C1=O. The zero-order valence-corrected chi connectivity index (χ0v) is 20.5. The Kier molecular flexibility index (Phi) is 6.50. The summed E-state index contributed by atoms with van der Waals surface area (Å²) in [6.07, 6.45) is 7.40. The van der Waals surface area contributed by atoms with Gasteiger partial charge in [0.1, 0.15) is 0 Å². The number of nitrogens with zero attached hydrogens (tertiary/aromatic N) is 1. The van der Waals surface area contributed by atoms with E-state index in [0.29, 0.717) is 11.8 Å². The van der Waals surface area contributed by atoms with Crippen molar-refractivity contribution in [2.24, 2.45) is 5.92 Å². The second kappa shape index (κ2) is 9.71. The molecule has 0 bridgehead atoms. The highest BCUT2D eigenvalue weighted by Gasteiger charge is 2.42. The van der Waals surface area contributed by atoms with E-state index in [-0.39, 0.29) is 23.8 Å². The van der Waals surface area contributed by atoms with Gasteiger partial charge in [-0.1, -0.05) is 42.5 Å². The molecule has 2 aromatic carbocycles. The molecule has 2 fully saturated rings. The third-order valence-electron chi connectivity index (χ3n) is 7.28. The van der Waals surface area contributed by atoms with E-state index in [1.165, 1.54) is 16.5 Å². The monoisotopic (exact) mass is 473 g/mol. The van der Waals surface area contributed by atoms with Gasteiger partial charge in [-0.25, -0.2) is 0 Å². The van der Waals surface area contributed by atoms with Crippen LogP contribution in [0.2, 0.25) is 0 Å². The van der Waals surface area contributed by atoms with Gasteiger partial charge in [0.2, 0.25) is 5.91 Å². The minimum Gasteiger partial charge on any atom is -0.361 e. The molecule has 1 aliphatic heterocycles. The van der Waals surface area contributed by atoms with Crippen molar-refractivity contribution in [3.05, 3.63) is 76.3 Å². The second-order valence-electron chi connectivity index (χ2n) is 9.42. The molecule has 6 heteroatoms. The number of amides is 2. The Balaban J connectivity index is 1.19. The first-order chi connectivity index (χ1) is 16.5. The molecule has 2 aliphatic rings. The van der Waals surface area contributed by atoms with Gasteiger partial charge in [0.15, 0.2) is 0 Å². The van der Waals surface area contributed by atoms with E-state index in [1.54, 1.807) is 11.8 Å². The number of fused-ring (bicyclic) bond motifs is 2. The molecule has 2 N–H and O–H groups in total. The fourth-order valence-electron chi connectivity index (χ4n) is 5.23. The predicted octanol–water partition coefficient (Wildman–Crippen LogP) is 4.92. The first-order valence-electron chi connectivity index (χ1n) is 12.0. The number of carbonyl (C=O) groups excluding carboxylic acids is 2. The van der Waals surface area contributed by atoms with Crippen molar-refractivity contribution in [3.8, 4) is 0 Å². The summed E-state index contributed by atoms with van der Waals surface area (Å²) >= 11 is 1.70. The van der Waals surface area contributed by atoms with Crippen LogP contribution < -0.4 is 5.32 Å². The molecule has 2 amide bonds. The van der Waals surface area contributed by atoms with E-state index >= 15 is 0 Å². The number of H-pyrrole nitrogens is 1. The van der Waals surface area contributed by atoms with E-state index in [1.807, 2.05) is 48.5 Å². The molecular formula is C28H31N3O2S. The number of hydrogen-bond acceptors (Lipinski definition) is 3. The lowest BCUT2D eigenvalue weighted by atomic mass is 9.83. The lowest BCUT2D eigenvalue weighted by Crippen LogP contribution is -2.52. The third kappa shape index (κ3) is 4.51. The Labute approximate surface area is 205 Å². The largest absolute Gasteiger partial charge is 0.361 e. The van der Waals surface area contributed by atoms with E-state index in [9.17, 15) is 9.59 Å². The Morgan fingerprint density at radius 3 is 2.82 bits per heavy atom. The molecule has 3 unspecified atom stereocenters. The van der Waals surface area contributed by atoms with Crippen LogP contribution in [0.5, 0.6) is 0 Å². The van der Waals surface area contributed by atoms with Gasteiger partial charge in [-0.05, 0) is 61.4 Å². The van der Waals surface area contributed by atoms with Gasteiger partial charge in [-0.3, -0.25) is 9.59 Å². The summed E-state index contributed by atoms with van der Waals surface area (Å²) in [5, 5.41) is 4.71. The Morgan fingerprint density at radius 2 is 1.97 bits per heavy atom. The summed E-state index contributed by atoms with van der Waals surface area (Å²) in [4.78, 5) is 32.0. The molecule has 1 saturated heterocycles. The van der Waals surface area contributed by atoms with E-state index in [0.717, 1.165) is 41.7 Å². The first-order valence-corrected chi connectivity index (χ1v) is 12.9. The number of aryl methyl sites for hydroxylation is 1. The fourth-order valence-corrected chi connectivity index (χ4v) is 6.70. The molecule has 3 atom stereocenters. The number of aromatic nitrogens is 1. The Morgan fingerprint density at radius 1 is 1.18 bits per heavy atom. The minimum absolute atomic E-state index is 0.0398. The number of nitrogens with one attached hydrogen (secondary N) is 2. The van der Waals surface area contributed by atoms with Crippen LogP contribution in [0.25, 0.3) is 17.0 Å². The maximum atomic E-state index is 13.1. The fraction of sp³-hybridized carbons (Fsp3) is 0.357. The number of para-hydroxylation sites is 1. The second-order valence-corrected chi connectivity index (χ2v) is 10.7. The van der Waals surface area contributed by atoms with Crippen molar-refractivity contribution < 1.29 is 9.59 Å². The zero-order chi connectivity index (χ0) is 23.7. The van der Waals surface area contributed by atoms with Crippen LogP contribution in [0.3, 0.4) is 0 Å². The topological polar surface area (TPSA) is 65.2 Å². The highest BCUT2D eigenvalue weighted by atomic mass is 32.2. The van der Waals surface area contributed by atoms with Gasteiger partial charge in [-0.2, -0.15) is 0 Å². The maximum absolute atomic E-state index is 13.1. The average molecular weight is 474 g/mol. The molecule has 176 valence electrons. The van der Waals surface area contributed by atoms with Crippen molar-refractivity contribution in [1.29, 1.82) is 0 Å². The highest BCUT2D eigenvalue weighted by Crippen LogP contribution is 2.43. The standard InChI is InChI=1S/C28H31N3O2S/c1-18-7-3-4-8-19(18)16-26-28(33)31(2)24-15-20(11-12-25(24)34-26)27(32)29-14-13-21-17-30-23-10-6-5-9-22(21)23/h3-10,16-17,20,24-25,30H,11-15H2,1-2H3,(H,29,32)/b26-16-. The van der Waals surface area contributed by atoms with Crippen molar-refractivity contribution in [3.63, 3.8) is 0 Å². The third-order valence-corrected chi connectivity index (χ3v) is 8.68. The van der Waals surface area contributed by atoms with Gasteiger partial charge < -0.3 is 15.2 Å². The summed E-state index contributed by atoms with van der Waals surface area (Å²) in [6, 6.07) is 16.5. The van der Waals surface area contributed by atoms with Crippen LogP contribution in [0.1, 0.15) is 36.0 Å². The quantitative estimate of drug-likeness (QED) is 0.517. The van der Waals surface area contributed by atoms with Crippen molar-refractivity contribution in [1.82, 2.24) is 15.2 Å².